The maximum absolute atomic E-state index is 12.4. The van der Waals surface area contributed by atoms with Crippen LogP contribution in [-0.2, 0) is 4.79 Å². The van der Waals surface area contributed by atoms with Gasteiger partial charge in [0.05, 0.1) is 34.1 Å². The molecule has 1 aromatic heterocycles. The van der Waals surface area contributed by atoms with Crippen LogP contribution in [0.2, 0.25) is 10.0 Å². The molecule has 2 N–H and O–H groups in total. The summed E-state index contributed by atoms with van der Waals surface area (Å²) in [6, 6.07) is 26.1. The number of H-pyrrole nitrogens is 1. The Morgan fingerprint density at radius 3 is 2.36 bits per heavy atom. The summed E-state index contributed by atoms with van der Waals surface area (Å²) in [5, 5.41) is 12.8. The van der Waals surface area contributed by atoms with Gasteiger partial charge in [0.2, 0.25) is 0 Å². The van der Waals surface area contributed by atoms with Crippen LogP contribution in [-0.4, -0.2) is 28.2 Å². The SMILES string of the molecule is COc1ccc(-c2[nH]c(C=C(C(=O)O)c3cccc4ccccc34)nc2-c2ccc(Cl)c(Cl)c2)cc1. The Hall–Kier alpha value is -4.06. The van der Waals surface area contributed by atoms with Crippen molar-refractivity contribution >= 4 is 51.6 Å². The van der Waals surface area contributed by atoms with E-state index in [4.69, 9.17) is 32.9 Å². The topological polar surface area (TPSA) is 75.2 Å². The van der Waals surface area contributed by atoms with Gasteiger partial charge in [-0.15, -0.1) is 0 Å². The summed E-state index contributed by atoms with van der Waals surface area (Å²) in [5.41, 5.74) is 3.67. The number of imidazole rings is 1. The summed E-state index contributed by atoms with van der Waals surface area (Å²) in [6.45, 7) is 0. The van der Waals surface area contributed by atoms with Gasteiger partial charge >= 0.3 is 5.97 Å². The number of rotatable bonds is 6. The van der Waals surface area contributed by atoms with Gasteiger partial charge in [-0.1, -0.05) is 71.7 Å². The minimum Gasteiger partial charge on any atom is -0.497 e. The molecule has 0 spiro atoms. The van der Waals surface area contributed by atoms with Gasteiger partial charge in [0, 0.05) is 11.1 Å². The summed E-state index contributed by atoms with van der Waals surface area (Å²) in [4.78, 5) is 20.4. The molecule has 0 saturated heterocycles. The van der Waals surface area contributed by atoms with E-state index >= 15 is 0 Å². The quantitative estimate of drug-likeness (QED) is 0.226. The summed E-state index contributed by atoms with van der Waals surface area (Å²) >= 11 is 12.4. The van der Waals surface area contributed by atoms with Crippen molar-refractivity contribution in [3.63, 3.8) is 0 Å². The number of hydrogen-bond donors (Lipinski definition) is 2. The molecule has 0 radical (unpaired) electrons. The number of hydrogen-bond acceptors (Lipinski definition) is 3. The van der Waals surface area contributed by atoms with Crippen LogP contribution >= 0.6 is 23.2 Å². The zero-order chi connectivity index (χ0) is 25.2. The molecule has 0 atom stereocenters. The standard InChI is InChI=1S/C29H20Cl2N2O3/c1-36-20-12-9-18(10-13-20)27-28(19-11-14-24(30)25(31)15-19)33-26(32-27)16-23(29(34)35)22-8-4-6-17-5-2-3-7-21(17)22/h2-16H,1H3,(H,32,33)(H,34,35). The fourth-order valence-corrected chi connectivity index (χ4v) is 4.43. The second-order valence-electron chi connectivity index (χ2n) is 8.09. The van der Waals surface area contributed by atoms with E-state index in [9.17, 15) is 9.90 Å². The van der Waals surface area contributed by atoms with E-state index in [0.717, 1.165) is 27.6 Å². The molecule has 178 valence electrons. The zero-order valence-electron chi connectivity index (χ0n) is 19.1. The van der Waals surface area contributed by atoms with Crippen molar-refractivity contribution in [1.82, 2.24) is 9.97 Å². The van der Waals surface area contributed by atoms with Gasteiger partial charge in [-0.05, 0) is 58.8 Å². The summed E-state index contributed by atoms with van der Waals surface area (Å²) < 4.78 is 5.28. The molecule has 36 heavy (non-hydrogen) atoms. The van der Waals surface area contributed by atoms with Gasteiger partial charge < -0.3 is 14.8 Å². The van der Waals surface area contributed by atoms with Crippen LogP contribution < -0.4 is 4.74 Å². The van der Waals surface area contributed by atoms with Gasteiger partial charge in [0.1, 0.15) is 11.6 Å². The van der Waals surface area contributed by atoms with Crippen LogP contribution in [0.1, 0.15) is 11.4 Å². The van der Waals surface area contributed by atoms with Crippen molar-refractivity contribution in [1.29, 1.82) is 0 Å². The van der Waals surface area contributed by atoms with Gasteiger partial charge in [0.15, 0.2) is 0 Å². The minimum atomic E-state index is -1.05. The fourth-order valence-electron chi connectivity index (χ4n) is 4.13. The predicted molar refractivity (Wildman–Crippen MR) is 145 cm³/mol. The summed E-state index contributed by atoms with van der Waals surface area (Å²) in [5.74, 6) is 0.0654. The Labute approximate surface area is 217 Å². The first kappa shape index (κ1) is 23.7. The van der Waals surface area contributed by atoms with Gasteiger partial charge in [0.25, 0.3) is 0 Å². The molecule has 5 nitrogen and oxygen atoms in total. The molecule has 0 amide bonds. The molecule has 5 aromatic rings. The first-order valence-electron chi connectivity index (χ1n) is 11.1. The number of halogens is 2. The smallest absolute Gasteiger partial charge is 0.336 e. The van der Waals surface area contributed by atoms with E-state index in [2.05, 4.69) is 4.98 Å². The highest BCUT2D eigenvalue weighted by atomic mass is 35.5. The van der Waals surface area contributed by atoms with Crippen molar-refractivity contribution in [3.8, 4) is 28.3 Å². The number of fused-ring (bicyclic) bond motifs is 1. The van der Waals surface area contributed by atoms with E-state index in [0.29, 0.717) is 32.8 Å². The third-order valence-corrected chi connectivity index (χ3v) is 6.62. The molecule has 0 aliphatic carbocycles. The monoisotopic (exact) mass is 514 g/mol. The van der Waals surface area contributed by atoms with Crippen LogP contribution in [0, 0.1) is 0 Å². The number of benzene rings is 4. The molecule has 0 unspecified atom stereocenters. The van der Waals surface area contributed by atoms with Crippen molar-refractivity contribution in [2.75, 3.05) is 7.11 Å². The van der Waals surface area contributed by atoms with Crippen LogP contribution in [0.15, 0.2) is 84.9 Å². The number of aliphatic carboxylic acids is 1. The number of nitrogens with one attached hydrogen (secondary N) is 1. The normalized spacial score (nSPS) is 11.6. The molecule has 7 heteroatoms. The lowest BCUT2D eigenvalue weighted by atomic mass is 9.98. The van der Waals surface area contributed by atoms with Crippen LogP contribution in [0.4, 0.5) is 0 Å². The minimum absolute atomic E-state index is 0.127. The molecule has 1 heterocycles. The number of carbonyl (C=O) groups is 1. The Bertz CT molecular complexity index is 1620. The Balaban J connectivity index is 1.70. The number of carboxylic acid groups (broad SMARTS) is 1. The number of nitrogens with zero attached hydrogens (tertiary/aromatic N) is 1. The predicted octanol–water partition coefficient (Wildman–Crippen LogP) is 7.84. The average molecular weight is 515 g/mol. The number of aromatic nitrogens is 2. The van der Waals surface area contributed by atoms with E-state index in [-0.39, 0.29) is 5.57 Å². The van der Waals surface area contributed by atoms with E-state index in [1.54, 1.807) is 31.4 Å². The fraction of sp³-hybridized carbons (Fsp3) is 0.0345. The second-order valence-corrected chi connectivity index (χ2v) is 8.91. The van der Waals surface area contributed by atoms with Crippen molar-refractivity contribution in [3.05, 3.63) is 106 Å². The Morgan fingerprint density at radius 2 is 1.64 bits per heavy atom. The molecule has 4 aromatic carbocycles. The maximum atomic E-state index is 12.4. The average Bonchev–Trinajstić information content (AvgIpc) is 3.32. The Morgan fingerprint density at radius 1 is 0.917 bits per heavy atom. The summed E-state index contributed by atoms with van der Waals surface area (Å²) in [6.07, 6.45) is 1.55. The van der Waals surface area contributed by atoms with Gasteiger partial charge in [-0.25, -0.2) is 9.78 Å². The molecule has 0 saturated carbocycles. The molecule has 5 rings (SSSR count). The highest BCUT2D eigenvalue weighted by Crippen LogP contribution is 2.35. The van der Waals surface area contributed by atoms with E-state index in [1.165, 1.54) is 0 Å². The van der Waals surface area contributed by atoms with E-state index < -0.39 is 5.97 Å². The third-order valence-electron chi connectivity index (χ3n) is 5.89. The summed E-state index contributed by atoms with van der Waals surface area (Å²) in [7, 11) is 1.61. The largest absolute Gasteiger partial charge is 0.497 e. The van der Waals surface area contributed by atoms with Crippen molar-refractivity contribution < 1.29 is 14.6 Å². The third kappa shape index (κ3) is 4.59. The van der Waals surface area contributed by atoms with Gasteiger partial charge in [-0.3, -0.25) is 0 Å². The maximum Gasteiger partial charge on any atom is 0.336 e. The zero-order valence-corrected chi connectivity index (χ0v) is 20.6. The molecule has 0 aliphatic rings. The Kier molecular flexibility index (Phi) is 6.51. The molecule has 0 fully saturated rings. The second kappa shape index (κ2) is 9.90. The lowest BCUT2D eigenvalue weighted by molar-refractivity contribution is -0.130. The molecular formula is C29H20Cl2N2O3. The molecule has 0 aliphatic heterocycles. The first-order valence-corrected chi connectivity index (χ1v) is 11.8. The highest BCUT2D eigenvalue weighted by molar-refractivity contribution is 6.42. The van der Waals surface area contributed by atoms with Gasteiger partial charge in [-0.2, -0.15) is 0 Å². The van der Waals surface area contributed by atoms with Crippen LogP contribution in [0.25, 0.3) is 44.9 Å². The number of aromatic amines is 1. The highest BCUT2D eigenvalue weighted by Gasteiger charge is 2.18. The van der Waals surface area contributed by atoms with E-state index in [1.807, 2.05) is 66.7 Å². The van der Waals surface area contributed by atoms with Crippen LogP contribution in [0.5, 0.6) is 5.75 Å². The number of methoxy groups -OCH3 is 1. The number of carboxylic acids is 1. The van der Waals surface area contributed by atoms with Crippen molar-refractivity contribution in [2.24, 2.45) is 0 Å². The first-order chi connectivity index (χ1) is 17.4. The molecular weight excluding hydrogens is 495 g/mol. The lowest BCUT2D eigenvalue weighted by Crippen LogP contribution is -2.01. The van der Waals surface area contributed by atoms with Crippen molar-refractivity contribution in [2.45, 2.75) is 0 Å². The molecule has 0 bridgehead atoms. The lowest BCUT2D eigenvalue weighted by Gasteiger charge is -2.07. The number of ether oxygens (including phenoxy) is 1. The van der Waals surface area contributed by atoms with Crippen LogP contribution in [0.3, 0.4) is 0 Å².